The van der Waals surface area contributed by atoms with Gasteiger partial charge in [0.2, 0.25) is 5.91 Å². The molecule has 2 saturated heterocycles. The van der Waals surface area contributed by atoms with Crippen LogP contribution >= 0.6 is 0 Å². The van der Waals surface area contributed by atoms with E-state index in [4.69, 9.17) is 0 Å². The first-order chi connectivity index (χ1) is 12.2. The molecule has 4 heteroatoms. The van der Waals surface area contributed by atoms with Crippen LogP contribution in [0.3, 0.4) is 0 Å². The van der Waals surface area contributed by atoms with Gasteiger partial charge >= 0.3 is 0 Å². The van der Waals surface area contributed by atoms with Crippen LogP contribution in [-0.2, 0) is 4.79 Å². The highest BCUT2D eigenvalue weighted by molar-refractivity contribution is 5.83. The lowest BCUT2D eigenvalue weighted by atomic mass is 9.91. The maximum Gasteiger partial charge on any atom is 0.230 e. The Balaban J connectivity index is 1.49. The summed E-state index contributed by atoms with van der Waals surface area (Å²) < 4.78 is 0. The Morgan fingerprint density at radius 1 is 1.04 bits per heavy atom. The van der Waals surface area contributed by atoms with Crippen LogP contribution in [0, 0.1) is 5.92 Å². The van der Waals surface area contributed by atoms with Crippen molar-refractivity contribution >= 4 is 5.91 Å². The normalized spacial score (nSPS) is 22.1. The molecular weight excluding hydrogens is 310 g/mol. The summed E-state index contributed by atoms with van der Waals surface area (Å²) in [6, 6.07) is 10.3. The lowest BCUT2D eigenvalue weighted by Gasteiger charge is -2.38. The topological polar surface area (TPSA) is 26.8 Å². The molecule has 0 N–H and O–H groups in total. The number of amides is 1. The van der Waals surface area contributed by atoms with Crippen LogP contribution in [0.4, 0.5) is 0 Å². The Labute approximate surface area is 152 Å². The number of piperazine rings is 1. The molecule has 0 aromatic heterocycles. The van der Waals surface area contributed by atoms with Crippen molar-refractivity contribution < 1.29 is 4.79 Å². The first-order valence-electron chi connectivity index (χ1n) is 9.92. The van der Waals surface area contributed by atoms with Crippen molar-refractivity contribution in [1.82, 2.24) is 14.7 Å². The molecule has 2 heterocycles. The third-order valence-electron chi connectivity index (χ3n) is 5.95. The van der Waals surface area contributed by atoms with E-state index in [0.717, 1.165) is 43.8 Å². The van der Waals surface area contributed by atoms with Gasteiger partial charge < -0.3 is 14.7 Å². The Morgan fingerprint density at radius 3 is 2.28 bits per heavy atom. The van der Waals surface area contributed by atoms with E-state index in [1.807, 2.05) is 18.2 Å². The van der Waals surface area contributed by atoms with Gasteiger partial charge in [0.25, 0.3) is 0 Å². The minimum Gasteiger partial charge on any atom is -0.342 e. The predicted molar refractivity (Wildman–Crippen MR) is 103 cm³/mol. The zero-order chi connectivity index (χ0) is 17.6. The van der Waals surface area contributed by atoms with Crippen molar-refractivity contribution in [2.75, 3.05) is 52.9 Å². The van der Waals surface area contributed by atoms with Crippen LogP contribution in [0.25, 0.3) is 0 Å². The Bertz CT molecular complexity index is 531. The first-order valence-corrected chi connectivity index (χ1v) is 9.92. The van der Waals surface area contributed by atoms with E-state index in [0.29, 0.717) is 5.91 Å². The minimum atomic E-state index is 0.0235. The van der Waals surface area contributed by atoms with Crippen molar-refractivity contribution in [1.29, 1.82) is 0 Å². The molecule has 2 aliphatic heterocycles. The fourth-order valence-electron chi connectivity index (χ4n) is 4.19. The lowest BCUT2D eigenvalue weighted by Crippen LogP contribution is -2.48. The molecule has 4 nitrogen and oxygen atoms in total. The van der Waals surface area contributed by atoms with E-state index in [1.165, 1.54) is 32.7 Å². The highest BCUT2D eigenvalue weighted by atomic mass is 16.2. The molecule has 0 radical (unpaired) electrons. The van der Waals surface area contributed by atoms with Gasteiger partial charge in [-0.3, -0.25) is 4.79 Å². The van der Waals surface area contributed by atoms with Crippen LogP contribution < -0.4 is 0 Å². The zero-order valence-corrected chi connectivity index (χ0v) is 15.9. The van der Waals surface area contributed by atoms with E-state index in [1.54, 1.807) is 0 Å². The monoisotopic (exact) mass is 343 g/mol. The van der Waals surface area contributed by atoms with Crippen LogP contribution in [0.15, 0.2) is 30.3 Å². The summed E-state index contributed by atoms with van der Waals surface area (Å²) in [4.78, 5) is 20.1. The molecule has 1 aromatic rings. The van der Waals surface area contributed by atoms with E-state index in [2.05, 4.69) is 40.8 Å². The molecule has 1 atom stereocenters. The third-order valence-corrected chi connectivity index (χ3v) is 5.95. The summed E-state index contributed by atoms with van der Waals surface area (Å²) in [6.07, 6.45) is 3.19. The summed E-state index contributed by atoms with van der Waals surface area (Å²) >= 11 is 0. The average molecular weight is 344 g/mol. The fourth-order valence-corrected chi connectivity index (χ4v) is 4.19. The van der Waals surface area contributed by atoms with Crippen LogP contribution in [0.2, 0.25) is 0 Å². The van der Waals surface area contributed by atoms with Gasteiger partial charge in [0.15, 0.2) is 0 Å². The number of nitrogens with zero attached hydrogens (tertiary/aromatic N) is 3. The summed E-state index contributed by atoms with van der Waals surface area (Å²) in [5, 5.41) is 0. The third kappa shape index (κ3) is 4.83. The number of piperidine rings is 1. The van der Waals surface area contributed by atoms with Gasteiger partial charge in [0.1, 0.15) is 0 Å². The molecule has 25 heavy (non-hydrogen) atoms. The molecule has 2 aliphatic rings. The largest absolute Gasteiger partial charge is 0.342 e. The molecule has 3 rings (SSSR count). The summed E-state index contributed by atoms with van der Waals surface area (Å²) in [5.41, 5.74) is 1.16. The van der Waals surface area contributed by atoms with Gasteiger partial charge in [-0.05, 0) is 37.8 Å². The average Bonchev–Trinajstić information content (AvgIpc) is 2.66. The highest BCUT2D eigenvalue weighted by Crippen LogP contribution is 2.26. The van der Waals surface area contributed by atoms with Gasteiger partial charge in [-0.15, -0.1) is 0 Å². The van der Waals surface area contributed by atoms with Crippen molar-refractivity contribution in [2.24, 2.45) is 5.92 Å². The van der Waals surface area contributed by atoms with Gasteiger partial charge in [0.05, 0.1) is 5.92 Å². The molecule has 0 spiro atoms. The molecule has 0 aliphatic carbocycles. The number of carbonyl (C=O) groups excluding carboxylic acids is 1. The zero-order valence-electron chi connectivity index (χ0n) is 15.9. The van der Waals surface area contributed by atoms with E-state index in [-0.39, 0.29) is 5.92 Å². The molecular formula is C21H33N3O. The van der Waals surface area contributed by atoms with Crippen LogP contribution in [0.5, 0.6) is 0 Å². The van der Waals surface area contributed by atoms with Crippen LogP contribution in [-0.4, -0.2) is 73.5 Å². The maximum absolute atomic E-state index is 13.0. The SMILES string of the molecule is CCC(C(=O)N1CCC(CN2CCN(C)CC2)CC1)c1ccccc1. The number of hydrogen-bond acceptors (Lipinski definition) is 3. The molecule has 1 unspecified atom stereocenters. The van der Waals surface area contributed by atoms with Crippen molar-refractivity contribution in [3.63, 3.8) is 0 Å². The molecule has 1 amide bonds. The van der Waals surface area contributed by atoms with Crippen LogP contribution in [0.1, 0.15) is 37.7 Å². The first kappa shape index (κ1) is 18.4. The number of carbonyl (C=O) groups is 1. The number of benzene rings is 1. The van der Waals surface area contributed by atoms with Gasteiger partial charge in [-0.1, -0.05) is 37.3 Å². The summed E-state index contributed by atoms with van der Waals surface area (Å²) in [6.45, 7) is 9.96. The molecule has 0 saturated carbocycles. The minimum absolute atomic E-state index is 0.0235. The standard InChI is InChI=1S/C21H33N3O/c1-3-20(19-7-5-4-6-8-19)21(25)24-11-9-18(10-12-24)17-23-15-13-22(2)14-16-23/h4-8,18,20H,3,9-17H2,1-2H3. The molecule has 1 aromatic carbocycles. The van der Waals surface area contributed by atoms with Crippen molar-refractivity contribution in [2.45, 2.75) is 32.1 Å². The Kier molecular flexibility index (Phi) is 6.49. The molecule has 0 bridgehead atoms. The maximum atomic E-state index is 13.0. The summed E-state index contributed by atoms with van der Waals surface area (Å²) in [5.74, 6) is 1.10. The van der Waals surface area contributed by atoms with Gasteiger partial charge in [0, 0.05) is 45.8 Å². The highest BCUT2D eigenvalue weighted by Gasteiger charge is 2.29. The van der Waals surface area contributed by atoms with E-state index >= 15 is 0 Å². The van der Waals surface area contributed by atoms with Crippen molar-refractivity contribution in [3.05, 3.63) is 35.9 Å². The smallest absolute Gasteiger partial charge is 0.230 e. The number of likely N-dealkylation sites (N-methyl/N-ethyl adjacent to an activating group) is 1. The molecule has 138 valence electrons. The predicted octanol–water partition coefficient (Wildman–Crippen LogP) is 2.67. The Hall–Kier alpha value is -1.39. The summed E-state index contributed by atoms with van der Waals surface area (Å²) in [7, 11) is 2.21. The fraction of sp³-hybridized carbons (Fsp3) is 0.667. The molecule has 2 fully saturated rings. The second kappa shape index (κ2) is 8.81. The van der Waals surface area contributed by atoms with Gasteiger partial charge in [-0.25, -0.2) is 0 Å². The van der Waals surface area contributed by atoms with E-state index < -0.39 is 0 Å². The van der Waals surface area contributed by atoms with Crippen molar-refractivity contribution in [3.8, 4) is 0 Å². The second-order valence-electron chi connectivity index (χ2n) is 7.74. The number of hydrogen-bond donors (Lipinski definition) is 0. The lowest BCUT2D eigenvalue weighted by molar-refractivity contribution is -0.134. The Morgan fingerprint density at radius 2 is 1.68 bits per heavy atom. The number of likely N-dealkylation sites (tertiary alicyclic amines) is 1. The number of rotatable bonds is 5. The van der Waals surface area contributed by atoms with E-state index in [9.17, 15) is 4.79 Å². The quantitative estimate of drug-likeness (QED) is 0.822. The second-order valence-corrected chi connectivity index (χ2v) is 7.74. The van der Waals surface area contributed by atoms with Gasteiger partial charge in [-0.2, -0.15) is 0 Å².